The first-order valence-corrected chi connectivity index (χ1v) is 33.1. The molecule has 0 aliphatic rings. The van der Waals surface area contributed by atoms with Crippen molar-refractivity contribution in [2.24, 2.45) is 20.5 Å². The lowest BCUT2D eigenvalue weighted by Gasteiger charge is -2.15. The molecule has 0 unspecified atom stereocenters. The van der Waals surface area contributed by atoms with Crippen molar-refractivity contribution in [3.05, 3.63) is 150 Å². The van der Waals surface area contributed by atoms with Gasteiger partial charge in [0.05, 0.1) is 22.0 Å². The predicted molar refractivity (Wildman–Crippen MR) is 331 cm³/mol. The molecule has 11 aromatic rings. The SMILES string of the molecule is Cc1c(N=Nc2c(S(=O)(=O)O)cc3cc(S(=O)(=O)O)cc(Nc4nc(Cl)nc(Nc5ccc(Nc6nc(Cl)nc(Nc7cccc8cc(S(=O)(=O)O)c(N=Nc9ccc%10ccccc%10c9S(=O)(=O)O)c(O)c78)n6)cc5)n4)c3c2O)ccc2c(S(=O)(=O)O)cccc12. The summed E-state index contributed by atoms with van der Waals surface area (Å²) in [6.45, 7) is 1.51. The van der Waals surface area contributed by atoms with E-state index in [1.54, 1.807) is 12.1 Å². The van der Waals surface area contributed by atoms with Gasteiger partial charge in [0.2, 0.25) is 34.4 Å². The minimum absolute atomic E-state index is 0.0105. The molecule has 11 rings (SSSR count). The van der Waals surface area contributed by atoms with E-state index in [2.05, 4.69) is 71.6 Å². The van der Waals surface area contributed by atoms with E-state index in [1.165, 1.54) is 104 Å². The Morgan fingerprint density at radius 3 is 1.42 bits per heavy atom. The Balaban J connectivity index is 0.859. The summed E-state index contributed by atoms with van der Waals surface area (Å²) in [6, 6.07) is 29.1. The summed E-state index contributed by atoms with van der Waals surface area (Å²) in [7, 11) is -25.2. The van der Waals surface area contributed by atoms with Crippen LogP contribution in [0.3, 0.4) is 0 Å². The zero-order chi connectivity index (χ0) is 65.3. The second kappa shape index (κ2) is 23.5. The van der Waals surface area contributed by atoms with E-state index < -0.39 is 126 Å². The van der Waals surface area contributed by atoms with Crippen molar-refractivity contribution in [3.63, 3.8) is 0 Å². The van der Waals surface area contributed by atoms with Crippen LogP contribution in [0.5, 0.6) is 11.5 Å². The second-order valence-corrected chi connectivity index (χ2v) is 26.8. The van der Waals surface area contributed by atoms with Crippen molar-refractivity contribution in [2.45, 2.75) is 31.4 Å². The van der Waals surface area contributed by atoms with E-state index in [4.69, 9.17) is 23.2 Å². The predicted octanol–water partition coefficient (Wildman–Crippen LogP) is 11.7. The van der Waals surface area contributed by atoms with Crippen LogP contribution in [-0.2, 0) is 50.6 Å². The number of rotatable bonds is 17. The zero-order valence-corrected chi connectivity index (χ0v) is 50.8. The number of aryl methyl sites for hydroxylation is 1. The first-order valence-electron chi connectivity index (χ1n) is 25.2. The molecule has 0 radical (unpaired) electrons. The van der Waals surface area contributed by atoms with Gasteiger partial charge in [0.1, 0.15) is 36.6 Å². The van der Waals surface area contributed by atoms with Crippen LogP contribution in [0.1, 0.15) is 5.56 Å². The summed E-state index contributed by atoms with van der Waals surface area (Å²) in [5.74, 6) is -2.90. The molecule has 11 N–H and O–H groups in total. The van der Waals surface area contributed by atoms with E-state index >= 15 is 0 Å². The monoisotopic (exact) mass is 1370 g/mol. The Hall–Kier alpha value is -9.83. The molecule has 0 atom stereocenters. The van der Waals surface area contributed by atoms with Gasteiger partial charge in [-0.1, -0.05) is 60.7 Å². The van der Waals surface area contributed by atoms with Crippen molar-refractivity contribution in [3.8, 4) is 11.5 Å². The Labute approximate surface area is 522 Å². The molecular formula is C53H36Cl2N14O17S5. The highest BCUT2D eigenvalue weighted by Crippen LogP contribution is 2.48. The lowest BCUT2D eigenvalue weighted by Crippen LogP contribution is -2.06. The molecule has 0 saturated heterocycles. The van der Waals surface area contributed by atoms with Crippen molar-refractivity contribution >= 4 is 186 Å². The Bertz CT molecular complexity index is 5610. The quantitative estimate of drug-likeness (QED) is 0.0298. The molecule has 91 heavy (non-hydrogen) atoms. The molecule has 31 nitrogen and oxygen atoms in total. The van der Waals surface area contributed by atoms with Crippen LogP contribution in [0.2, 0.25) is 10.6 Å². The van der Waals surface area contributed by atoms with Crippen LogP contribution in [0.25, 0.3) is 43.1 Å². The fourth-order valence-corrected chi connectivity index (χ4v) is 13.2. The summed E-state index contributed by atoms with van der Waals surface area (Å²) in [6.07, 6.45) is 0. The van der Waals surface area contributed by atoms with Gasteiger partial charge in [-0.2, -0.15) is 77.1 Å². The number of halogens is 2. The second-order valence-electron chi connectivity index (χ2n) is 19.2. The molecular weight excluding hydrogens is 1340 g/mol. The first-order chi connectivity index (χ1) is 42.8. The normalized spacial score (nSPS) is 12.6. The summed E-state index contributed by atoms with van der Waals surface area (Å²) in [5, 5.41) is 49.9. The maximum absolute atomic E-state index is 12.8. The fourth-order valence-electron chi connectivity index (χ4n) is 9.45. The van der Waals surface area contributed by atoms with Crippen molar-refractivity contribution < 1.29 is 75.1 Å². The van der Waals surface area contributed by atoms with Crippen LogP contribution in [0.15, 0.2) is 178 Å². The molecule has 0 spiro atoms. The maximum atomic E-state index is 12.8. The molecule has 38 heteroatoms. The van der Waals surface area contributed by atoms with Gasteiger partial charge in [-0.25, -0.2) is 0 Å². The average Bonchev–Trinajstić information content (AvgIpc) is 0.802. The number of phenols is 2. The van der Waals surface area contributed by atoms with E-state index in [1.807, 2.05) is 0 Å². The van der Waals surface area contributed by atoms with Gasteiger partial charge in [-0.05, 0) is 130 Å². The van der Waals surface area contributed by atoms with Crippen molar-refractivity contribution in [1.82, 2.24) is 29.9 Å². The molecule has 0 fully saturated rings. The maximum Gasteiger partial charge on any atom is 0.297 e. The molecule has 9 aromatic carbocycles. The van der Waals surface area contributed by atoms with Crippen LogP contribution in [0, 0.1) is 6.92 Å². The minimum atomic E-state index is -5.31. The topological polar surface area (TPSA) is 487 Å². The third-order valence-corrected chi connectivity index (χ3v) is 18.1. The minimum Gasteiger partial charge on any atom is -0.505 e. The van der Waals surface area contributed by atoms with Crippen LogP contribution in [-0.4, -0.2) is 105 Å². The number of nitrogens with one attached hydrogen (secondary N) is 4. The number of anilines is 8. The molecule has 0 amide bonds. The molecule has 2 heterocycles. The molecule has 0 saturated carbocycles. The standard InChI is InChI=1S/C53H36Cl2N14O17S5/c1-24-31-9-5-11-38(88(75,76)77)33(31)17-19-34(24)66-68-44-40(90(81,82)83)22-27-20-30(87(72,73)74)23-37(42(27)46(44)71)59-53-63-49(55)61-51(65-53)57-29-15-13-28(14-16-29)56-50-60-48(54)62-52(64-50)58-35-10-4-7-26-21-39(89(78,79)80)43(45(70)41(26)35)69-67-36-18-12-25-6-2-3-8-32(25)47(36)91(84,85)86/h2-23,70-71H,1H3,(H,72,73,74)(H,75,76,77)(H,78,79,80)(H,81,82,83)(H,84,85,86)(H2,56,58,60,62,64)(H2,57,59,61,63,65). The van der Waals surface area contributed by atoms with Gasteiger partial charge in [0, 0.05) is 32.9 Å². The Kier molecular flexibility index (Phi) is 16.2. The van der Waals surface area contributed by atoms with Crippen LogP contribution in [0.4, 0.5) is 69.3 Å². The summed E-state index contributed by atoms with van der Waals surface area (Å²) in [5.41, 5.74) is -1.56. The Morgan fingerprint density at radius 1 is 0.396 bits per heavy atom. The Morgan fingerprint density at radius 2 is 0.868 bits per heavy atom. The number of aromatic nitrogens is 6. The number of aromatic hydroxyl groups is 2. The number of nitrogens with zero attached hydrogens (tertiary/aromatic N) is 10. The van der Waals surface area contributed by atoms with E-state index in [0.29, 0.717) is 16.8 Å². The van der Waals surface area contributed by atoms with E-state index in [-0.39, 0.29) is 72.4 Å². The molecule has 0 bridgehead atoms. The summed E-state index contributed by atoms with van der Waals surface area (Å²) in [4.78, 5) is 21.1. The van der Waals surface area contributed by atoms with Gasteiger partial charge >= 0.3 is 0 Å². The zero-order valence-electron chi connectivity index (χ0n) is 45.2. The molecule has 0 aliphatic heterocycles. The lowest BCUT2D eigenvalue weighted by atomic mass is 10.0. The summed E-state index contributed by atoms with van der Waals surface area (Å²) < 4.78 is 176. The first kappa shape index (κ1) is 62.8. The highest BCUT2D eigenvalue weighted by atomic mass is 35.5. The van der Waals surface area contributed by atoms with E-state index in [0.717, 1.165) is 24.3 Å². The van der Waals surface area contributed by atoms with Crippen molar-refractivity contribution in [2.75, 3.05) is 21.3 Å². The molecule has 0 aliphatic carbocycles. The smallest absolute Gasteiger partial charge is 0.297 e. The lowest BCUT2D eigenvalue weighted by molar-refractivity contribution is 0.471. The fraction of sp³-hybridized carbons (Fsp3) is 0.0189. The largest absolute Gasteiger partial charge is 0.505 e. The third kappa shape index (κ3) is 13.1. The van der Waals surface area contributed by atoms with Crippen LogP contribution >= 0.6 is 23.2 Å². The van der Waals surface area contributed by atoms with Gasteiger partial charge in [0.15, 0.2) is 11.5 Å². The molecule has 2 aromatic heterocycles. The number of phenolic OH excluding ortho intramolecular Hbond substituents is 2. The van der Waals surface area contributed by atoms with E-state index in [9.17, 15) is 75.1 Å². The number of hydrogen-bond donors (Lipinski definition) is 11. The van der Waals surface area contributed by atoms with Gasteiger partial charge in [-0.3, -0.25) is 22.8 Å². The highest BCUT2D eigenvalue weighted by molar-refractivity contribution is 7.87. The number of benzene rings is 9. The van der Waals surface area contributed by atoms with Gasteiger partial charge in [0.25, 0.3) is 50.6 Å². The number of hydrogen-bond acceptors (Lipinski definition) is 26. The average molecular weight is 1370 g/mol. The van der Waals surface area contributed by atoms with Crippen LogP contribution < -0.4 is 21.3 Å². The van der Waals surface area contributed by atoms with Crippen molar-refractivity contribution in [1.29, 1.82) is 0 Å². The third-order valence-electron chi connectivity index (χ3n) is 13.3. The highest BCUT2D eigenvalue weighted by Gasteiger charge is 2.29. The molecule has 464 valence electrons. The number of fused-ring (bicyclic) bond motifs is 4. The number of azo groups is 2. The van der Waals surface area contributed by atoms with Gasteiger partial charge in [-0.15, -0.1) is 15.3 Å². The summed E-state index contributed by atoms with van der Waals surface area (Å²) >= 11 is 12.7. The van der Waals surface area contributed by atoms with Gasteiger partial charge < -0.3 is 31.5 Å².